The zero-order valence-electron chi connectivity index (χ0n) is 10.2. The highest BCUT2D eigenvalue weighted by Crippen LogP contribution is 2.26. The van der Waals surface area contributed by atoms with E-state index in [1.165, 1.54) is 0 Å². The molecule has 0 saturated heterocycles. The van der Waals surface area contributed by atoms with Gasteiger partial charge in [0, 0.05) is 12.8 Å². The molecular weight excluding hydrogens is 250 g/mol. The highest BCUT2D eigenvalue weighted by Gasteiger charge is 2.13. The van der Waals surface area contributed by atoms with Crippen LogP contribution >= 0.6 is 11.3 Å². The molecule has 0 aliphatic rings. The van der Waals surface area contributed by atoms with Gasteiger partial charge in [-0.15, -0.1) is 23.7 Å². The van der Waals surface area contributed by atoms with Gasteiger partial charge in [-0.2, -0.15) is 0 Å². The van der Waals surface area contributed by atoms with Gasteiger partial charge in [0.05, 0.1) is 5.00 Å². The molecule has 0 fully saturated rings. The number of hydrogen-bond donors (Lipinski definition) is 2. The minimum absolute atomic E-state index is 0.106. The van der Waals surface area contributed by atoms with E-state index in [0.29, 0.717) is 23.4 Å². The molecule has 0 radical (unpaired) electrons. The number of carbonyl (C=O) groups excluding carboxylic acids is 1. The molecule has 0 aliphatic heterocycles. The zero-order valence-corrected chi connectivity index (χ0v) is 11.0. The first-order chi connectivity index (χ1) is 8.54. The number of carbonyl (C=O) groups is 2. The highest BCUT2D eigenvalue weighted by molar-refractivity contribution is 7.18. The van der Waals surface area contributed by atoms with Gasteiger partial charge >= 0.3 is 5.97 Å². The predicted octanol–water partition coefficient (Wildman–Crippen LogP) is 2.89. The Balaban J connectivity index is 2.47. The van der Waals surface area contributed by atoms with Crippen molar-refractivity contribution in [1.29, 1.82) is 0 Å². The Hall–Kier alpha value is -1.80. The molecular formula is C13H15NO3S. The largest absolute Gasteiger partial charge is 0.477 e. The molecule has 1 amide bonds. The molecule has 18 heavy (non-hydrogen) atoms. The molecule has 0 aromatic carbocycles. The monoisotopic (exact) mass is 265 g/mol. The fourth-order valence-corrected chi connectivity index (χ4v) is 2.40. The van der Waals surface area contributed by atoms with Crippen LogP contribution in [0.4, 0.5) is 5.00 Å². The van der Waals surface area contributed by atoms with Crippen molar-refractivity contribution in [3.63, 3.8) is 0 Å². The van der Waals surface area contributed by atoms with E-state index in [0.717, 1.165) is 24.2 Å². The summed E-state index contributed by atoms with van der Waals surface area (Å²) < 4.78 is 0. The smallest absolute Gasteiger partial charge is 0.346 e. The lowest BCUT2D eigenvalue weighted by molar-refractivity contribution is -0.116. The van der Waals surface area contributed by atoms with Crippen LogP contribution < -0.4 is 5.32 Å². The van der Waals surface area contributed by atoms with E-state index in [2.05, 4.69) is 11.2 Å². The topological polar surface area (TPSA) is 66.4 Å². The average molecular weight is 265 g/mol. The normalized spacial score (nSPS) is 9.78. The Bertz CT molecular complexity index is 485. The highest BCUT2D eigenvalue weighted by atomic mass is 32.1. The number of carboxylic acids is 1. The van der Waals surface area contributed by atoms with Crippen molar-refractivity contribution in [3.8, 4) is 12.3 Å². The van der Waals surface area contributed by atoms with Crippen molar-refractivity contribution >= 4 is 28.2 Å². The Kier molecular flexibility index (Phi) is 5.40. The number of aromatic carboxylic acids is 1. The van der Waals surface area contributed by atoms with E-state index in [-0.39, 0.29) is 10.8 Å². The third-order valence-electron chi connectivity index (χ3n) is 2.35. The molecule has 0 spiro atoms. The number of thiophene rings is 1. The lowest BCUT2D eigenvalue weighted by Crippen LogP contribution is -2.09. The molecule has 0 aliphatic carbocycles. The average Bonchev–Trinajstić information content (AvgIpc) is 2.66. The van der Waals surface area contributed by atoms with Gasteiger partial charge in [-0.1, -0.05) is 0 Å². The number of unbranched alkanes of at least 4 members (excludes halogenated alkanes) is 2. The van der Waals surface area contributed by atoms with Gasteiger partial charge in [0.15, 0.2) is 0 Å². The van der Waals surface area contributed by atoms with Gasteiger partial charge < -0.3 is 10.4 Å². The van der Waals surface area contributed by atoms with E-state index in [9.17, 15) is 9.59 Å². The number of terminal acetylenes is 1. The first kappa shape index (κ1) is 14.3. The summed E-state index contributed by atoms with van der Waals surface area (Å²) >= 11 is 1.08. The van der Waals surface area contributed by atoms with Crippen molar-refractivity contribution in [2.45, 2.75) is 32.6 Å². The minimum Gasteiger partial charge on any atom is -0.477 e. The molecule has 1 aromatic heterocycles. The molecule has 1 aromatic rings. The molecule has 0 unspecified atom stereocenters. The molecule has 0 bridgehead atoms. The fourth-order valence-electron chi connectivity index (χ4n) is 1.47. The Morgan fingerprint density at radius 1 is 1.50 bits per heavy atom. The number of hydrogen-bond acceptors (Lipinski definition) is 3. The minimum atomic E-state index is -0.966. The number of anilines is 1. The van der Waals surface area contributed by atoms with E-state index < -0.39 is 5.97 Å². The molecule has 0 saturated carbocycles. The van der Waals surface area contributed by atoms with Crippen LogP contribution in [0.1, 0.15) is 40.9 Å². The Morgan fingerprint density at radius 2 is 2.22 bits per heavy atom. The molecule has 1 heterocycles. The molecule has 5 heteroatoms. The van der Waals surface area contributed by atoms with E-state index in [1.807, 2.05) is 0 Å². The van der Waals surface area contributed by atoms with Crippen LogP contribution in [0.25, 0.3) is 0 Å². The maximum absolute atomic E-state index is 11.6. The van der Waals surface area contributed by atoms with Crippen molar-refractivity contribution in [3.05, 3.63) is 16.5 Å². The summed E-state index contributed by atoms with van der Waals surface area (Å²) in [4.78, 5) is 22.7. The SMILES string of the molecule is C#CCCCCC(=O)Nc1cc(C)c(C(=O)O)s1. The summed E-state index contributed by atoms with van der Waals surface area (Å²) in [5.41, 5.74) is 0.662. The summed E-state index contributed by atoms with van der Waals surface area (Å²) in [5.74, 6) is 1.45. The summed E-state index contributed by atoms with van der Waals surface area (Å²) in [7, 11) is 0. The fraction of sp³-hybridized carbons (Fsp3) is 0.385. The Labute approximate surface area is 110 Å². The van der Waals surface area contributed by atoms with Crippen molar-refractivity contribution < 1.29 is 14.7 Å². The van der Waals surface area contributed by atoms with Gasteiger partial charge in [0.2, 0.25) is 5.91 Å². The van der Waals surface area contributed by atoms with Crippen LogP contribution in [-0.2, 0) is 4.79 Å². The molecule has 1 rings (SSSR count). The second kappa shape index (κ2) is 6.82. The van der Waals surface area contributed by atoms with Gasteiger partial charge in [0.25, 0.3) is 0 Å². The summed E-state index contributed by atoms with van der Waals surface area (Å²) in [6.45, 7) is 1.71. The number of aryl methyl sites for hydroxylation is 1. The first-order valence-electron chi connectivity index (χ1n) is 5.61. The van der Waals surface area contributed by atoms with Gasteiger partial charge in [-0.3, -0.25) is 4.79 Å². The number of nitrogens with one attached hydrogen (secondary N) is 1. The van der Waals surface area contributed by atoms with E-state index in [1.54, 1.807) is 13.0 Å². The third-order valence-corrected chi connectivity index (χ3v) is 3.49. The van der Waals surface area contributed by atoms with Crippen LogP contribution in [0.5, 0.6) is 0 Å². The predicted molar refractivity (Wildman–Crippen MR) is 71.9 cm³/mol. The van der Waals surface area contributed by atoms with E-state index >= 15 is 0 Å². The van der Waals surface area contributed by atoms with Crippen LogP contribution in [-0.4, -0.2) is 17.0 Å². The molecule has 96 valence electrons. The van der Waals surface area contributed by atoms with Crippen molar-refractivity contribution in [2.75, 3.05) is 5.32 Å². The van der Waals surface area contributed by atoms with Crippen LogP contribution in [0.2, 0.25) is 0 Å². The second-order valence-electron chi connectivity index (χ2n) is 3.89. The maximum Gasteiger partial charge on any atom is 0.346 e. The van der Waals surface area contributed by atoms with Gasteiger partial charge in [0.1, 0.15) is 4.88 Å². The number of rotatable bonds is 6. The summed E-state index contributed by atoms with van der Waals surface area (Å²) in [6, 6.07) is 1.67. The van der Waals surface area contributed by atoms with Gasteiger partial charge in [-0.25, -0.2) is 4.79 Å². The lowest BCUT2D eigenvalue weighted by atomic mass is 10.2. The lowest BCUT2D eigenvalue weighted by Gasteiger charge is -2.01. The van der Waals surface area contributed by atoms with E-state index in [4.69, 9.17) is 11.5 Å². The van der Waals surface area contributed by atoms with Crippen molar-refractivity contribution in [2.24, 2.45) is 0 Å². The second-order valence-corrected chi connectivity index (χ2v) is 4.94. The number of amides is 1. The van der Waals surface area contributed by atoms with Gasteiger partial charge in [-0.05, 0) is 31.4 Å². The first-order valence-corrected chi connectivity index (χ1v) is 6.43. The number of carboxylic acid groups (broad SMARTS) is 1. The van der Waals surface area contributed by atoms with Crippen LogP contribution in [0.3, 0.4) is 0 Å². The molecule has 0 atom stereocenters. The summed E-state index contributed by atoms with van der Waals surface area (Å²) in [5, 5.41) is 12.2. The molecule has 4 nitrogen and oxygen atoms in total. The Morgan fingerprint density at radius 3 is 2.78 bits per heavy atom. The maximum atomic E-state index is 11.6. The van der Waals surface area contributed by atoms with Crippen molar-refractivity contribution in [1.82, 2.24) is 0 Å². The molecule has 2 N–H and O–H groups in total. The standard InChI is InChI=1S/C13H15NO3S/c1-3-4-5-6-7-10(15)14-11-8-9(2)12(18-11)13(16)17/h1,8H,4-7H2,2H3,(H,14,15)(H,16,17). The third kappa shape index (κ3) is 4.22. The quantitative estimate of drug-likeness (QED) is 0.614. The summed E-state index contributed by atoms with van der Waals surface area (Å²) in [6.07, 6.45) is 7.76. The van der Waals surface area contributed by atoms with Crippen LogP contribution in [0, 0.1) is 19.3 Å². The zero-order chi connectivity index (χ0) is 13.5. The van der Waals surface area contributed by atoms with Crippen LogP contribution in [0.15, 0.2) is 6.07 Å².